The van der Waals surface area contributed by atoms with Crippen molar-refractivity contribution in [1.29, 1.82) is 0 Å². The molecule has 1 amide bonds. The molecule has 0 saturated heterocycles. The van der Waals surface area contributed by atoms with E-state index in [0.717, 1.165) is 45.4 Å². The normalized spacial score (nSPS) is 16.1. The van der Waals surface area contributed by atoms with Crippen molar-refractivity contribution in [2.75, 3.05) is 0 Å². The zero-order valence-corrected chi connectivity index (χ0v) is 17.6. The van der Waals surface area contributed by atoms with Gasteiger partial charge in [-0.2, -0.15) is 5.10 Å². The highest BCUT2D eigenvalue weighted by Gasteiger charge is 2.20. The number of benzene rings is 2. The molecule has 1 aliphatic carbocycles. The summed E-state index contributed by atoms with van der Waals surface area (Å²) in [5.74, 6) is 0.554. The number of para-hydroxylation sites is 1. The van der Waals surface area contributed by atoms with Gasteiger partial charge in [0, 0.05) is 21.3 Å². The number of aromatic nitrogens is 1. The molecule has 0 aliphatic heterocycles. The van der Waals surface area contributed by atoms with E-state index < -0.39 is 0 Å². The van der Waals surface area contributed by atoms with Crippen LogP contribution < -0.4 is 5.43 Å². The van der Waals surface area contributed by atoms with E-state index in [0.29, 0.717) is 5.92 Å². The number of hydrogen-bond acceptors (Lipinski definition) is 3. The highest BCUT2D eigenvalue weighted by molar-refractivity contribution is 7.14. The van der Waals surface area contributed by atoms with Crippen LogP contribution in [0.3, 0.4) is 0 Å². The molecule has 2 aromatic carbocycles. The quantitative estimate of drug-likeness (QED) is 0.323. The SMILES string of the molecule is C[C@H]1CCc2sc(C(=O)N/N=C/c3c(-c4ccccc4)[nH]c4ccccc34)cc2C1. The Morgan fingerprint density at radius 1 is 1.17 bits per heavy atom. The van der Waals surface area contributed by atoms with Crippen molar-refractivity contribution in [3.63, 3.8) is 0 Å². The van der Waals surface area contributed by atoms with Crippen LogP contribution in [0.4, 0.5) is 0 Å². The van der Waals surface area contributed by atoms with E-state index in [1.165, 1.54) is 16.9 Å². The van der Waals surface area contributed by atoms with E-state index in [4.69, 9.17) is 0 Å². The van der Waals surface area contributed by atoms with Gasteiger partial charge in [0.25, 0.3) is 5.91 Å². The number of nitrogens with zero attached hydrogens (tertiary/aromatic N) is 1. The number of nitrogens with one attached hydrogen (secondary N) is 2. The molecule has 0 saturated carbocycles. The van der Waals surface area contributed by atoms with Gasteiger partial charge in [-0.05, 0) is 48.4 Å². The van der Waals surface area contributed by atoms with E-state index in [9.17, 15) is 4.79 Å². The lowest BCUT2D eigenvalue weighted by Crippen LogP contribution is -2.16. The molecular formula is C25H23N3OS. The number of aromatic amines is 1. The van der Waals surface area contributed by atoms with Crippen molar-refractivity contribution in [1.82, 2.24) is 10.4 Å². The molecular weight excluding hydrogens is 390 g/mol. The Balaban J connectivity index is 1.41. The molecule has 1 atom stereocenters. The fourth-order valence-corrected chi connectivity index (χ4v) is 5.26. The highest BCUT2D eigenvalue weighted by atomic mass is 32.1. The Morgan fingerprint density at radius 2 is 1.97 bits per heavy atom. The van der Waals surface area contributed by atoms with Gasteiger partial charge < -0.3 is 4.98 Å². The maximum absolute atomic E-state index is 12.7. The number of carbonyl (C=O) groups is 1. The molecule has 0 spiro atoms. The van der Waals surface area contributed by atoms with Crippen molar-refractivity contribution in [3.8, 4) is 11.3 Å². The van der Waals surface area contributed by atoms with Gasteiger partial charge in [0.1, 0.15) is 0 Å². The third-order valence-corrected chi connectivity index (χ3v) is 6.96. The maximum atomic E-state index is 12.7. The summed E-state index contributed by atoms with van der Waals surface area (Å²) in [7, 11) is 0. The Bertz CT molecular complexity index is 1240. The summed E-state index contributed by atoms with van der Waals surface area (Å²) in [5, 5.41) is 5.39. The largest absolute Gasteiger partial charge is 0.354 e. The van der Waals surface area contributed by atoms with Crippen molar-refractivity contribution in [2.24, 2.45) is 11.0 Å². The van der Waals surface area contributed by atoms with E-state index in [1.807, 2.05) is 36.4 Å². The molecule has 5 rings (SSSR count). The van der Waals surface area contributed by atoms with Gasteiger partial charge in [0.2, 0.25) is 0 Å². The monoisotopic (exact) mass is 413 g/mol. The third-order valence-electron chi connectivity index (χ3n) is 5.72. The first-order chi connectivity index (χ1) is 14.7. The van der Waals surface area contributed by atoms with Crippen molar-refractivity contribution in [2.45, 2.75) is 26.2 Å². The molecule has 0 radical (unpaired) electrons. The minimum atomic E-state index is -0.139. The van der Waals surface area contributed by atoms with E-state index in [2.05, 4.69) is 46.7 Å². The molecule has 2 aromatic heterocycles. The smallest absolute Gasteiger partial charge is 0.281 e. The number of fused-ring (bicyclic) bond motifs is 2. The van der Waals surface area contributed by atoms with Gasteiger partial charge in [-0.1, -0.05) is 55.5 Å². The second-order valence-electron chi connectivity index (χ2n) is 7.93. The maximum Gasteiger partial charge on any atom is 0.281 e. The summed E-state index contributed by atoms with van der Waals surface area (Å²) >= 11 is 1.60. The van der Waals surface area contributed by atoms with Gasteiger partial charge in [-0.15, -0.1) is 11.3 Å². The average molecular weight is 414 g/mol. The average Bonchev–Trinajstić information content (AvgIpc) is 3.36. The fraction of sp³-hybridized carbons (Fsp3) is 0.200. The number of H-pyrrole nitrogens is 1. The zero-order chi connectivity index (χ0) is 20.5. The second-order valence-corrected chi connectivity index (χ2v) is 9.07. The van der Waals surface area contributed by atoms with Gasteiger partial charge in [-0.3, -0.25) is 4.79 Å². The zero-order valence-electron chi connectivity index (χ0n) is 16.8. The highest BCUT2D eigenvalue weighted by Crippen LogP contribution is 2.32. The number of aryl methyl sites for hydroxylation is 1. The Morgan fingerprint density at radius 3 is 2.83 bits per heavy atom. The first-order valence-electron chi connectivity index (χ1n) is 10.3. The molecule has 1 aliphatic rings. The van der Waals surface area contributed by atoms with Crippen LogP contribution >= 0.6 is 11.3 Å². The van der Waals surface area contributed by atoms with Crippen LogP contribution in [-0.2, 0) is 12.8 Å². The molecule has 150 valence electrons. The number of thiophene rings is 1. The number of hydrazone groups is 1. The Hall–Kier alpha value is -3.18. The van der Waals surface area contributed by atoms with Crippen LogP contribution in [0.5, 0.6) is 0 Å². The molecule has 30 heavy (non-hydrogen) atoms. The lowest BCUT2D eigenvalue weighted by molar-refractivity contribution is 0.0959. The molecule has 0 unspecified atom stereocenters. The van der Waals surface area contributed by atoms with Crippen molar-refractivity contribution in [3.05, 3.63) is 81.5 Å². The molecule has 2 N–H and O–H groups in total. The first-order valence-corrected chi connectivity index (χ1v) is 11.1. The van der Waals surface area contributed by atoms with Crippen LogP contribution in [0.2, 0.25) is 0 Å². The van der Waals surface area contributed by atoms with Gasteiger partial charge in [-0.25, -0.2) is 5.43 Å². The fourth-order valence-electron chi connectivity index (χ4n) is 4.16. The molecule has 4 nitrogen and oxygen atoms in total. The van der Waals surface area contributed by atoms with Gasteiger partial charge in [0.05, 0.1) is 16.8 Å². The van der Waals surface area contributed by atoms with Crippen LogP contribution in [0.25, 0.3) is 22.2 Å². The molecule has 5 heteroatoms. The molecule has 0 fully saturated rings. The minimum Gasteiger partial charge on any atom is -0.354 e. The van der Waals surface area contributed by atoms with E-state index in [-0.39, 0.29) is 5.91 Å². The summed E-state index contributed by atoms with van der Waals surface area (Å²) in [6, 6.07) is 20.4. The lowest BCUT2D eigenvalue weighted by atomic mass is 9.90. The van der Waals surface area contributed by atoms with Crippen LogP contribution in [-0.4, -0.2) is 17.1 Å². The van der Waals surface area contributed by atoms with Gasteiger partial charge in [0.15, 0.2) is 0 Å². The predicted octanol–water partition coefficient (Wildman–Crippen LogP) is 5.79. The number of carbonyl (C=O) groups excluding carboxylic acids is 1. The summed E-state index contributed by atoms with van der Waals surface area (Å²) < 4.78 is 0. The van der Waals surface area contributed by atoms with Crippen LogP contribution in [0.1, 0.15) is 39.0 Å². The number of hydrogen-bond donors (Lipinski definition) is 2. The molecule has 2 heterocycles. The predicted molar refractivity (Wildman–Crippen MR) is 124 cm³/mol. The summed E-state index contributed by atoms with van der Waals surface area (Å²) in [4.78, 5) is 18.3. The second kappa shape index (κ2) is 7.92. The minimum absolute atomic E-state index is 0.139. The van der Waals surface area contributed by atoms with Crippen molar-refractivity contribution < 1.29 is 4.79 Å². The van der Waals surface area contributed by atoms with E-state index >= 15 is 0 Å². The van der Waals surface area contributed by atoms with E-state index in [1.54, 1.807) is 17.6 Å². The summed E-state index contributed by atoms with van der Waals surface area (Å²) in [6.45, 7) is 2.27. The lowest BCUT2D eigenvalue weighted by Gasteiger charge is -2.16. The molecule has 4 aromatic rings. The van der Waals surface area contributed by atoms with Crippen LogP contribution in [0.15, 0.2) is 65.8 Å². The summed E-state index contributed by atoms with van der Waals surface area (Å²) in [6.07, 6.45) is 5.09. The standard InChI is InChI=1S/C25H23N3OS/c1-16-11-12-22-18(13-16)14-23(30-22)25(29)28-26-15-20-19-9-5-6-10-21(19)27-24(20)17-7-3-2-4-8-17/h2-10,14-16,27H,11-13H2,1H3,(H,28,29)/b26-15+/t16-/m0/s1. The summed E-state index contributed by atoms with van der Waals surface area (Å²) in [5.41, 5.74) is 8.15. The van der Waals surface area contributed by atoms with Gasteiger partial charge >= 0.3 is 0 Å². The van der Waals surface area contributed by atoms with Crippen molar-refractivity contribution >= 4 is 34.4 Å². The molecule has 0 bridgehead atoms. The number of amides is 1. The topological polar surface area (TPSA) is 57.2 Å². The Labute approximate surface area is 179 Å². The van der Waals surface area contributed by atoms with Crippen LogP contribution in [0, 0.1) is 5.92 Å². The first kappa shape index (κ1) is 18.8. The third kappa shape index (κ3) is 3.57. The Kier molecular flexibility index (Phi) is 4.97. The number of rotatable bonds is 4.